The summed E-state index contributed by atoms with van der Waals surface area (Å²) in [6, 6.07) is 1.58. The van der Waals surface area contributed by atoms with Gasteiger partial charge in [0.25, 0.3) is 5.56 Å². The van der Waals surface area contributed by atoms with Crippen LogP contribution >= 0.6 is 0 Å². The Hall–Kier alpha value is -1.69. The Balaban J connectivity index is 1.66. The zero-order valence-electron chi connectivity index (χ0n) is 12.3. The molecule has 1 saturated heterocycles. The second kappa shape index (κ2) is 5.97. The maximum absolute atomic E-state index is 12.1. The van der Waals surface area contributed by atoms with Crippen molar-refractivity contribution in [1.82, 2.24) is 9.78 Å². The van der Waals surface area contributed by atoms with Gasteiger partial charge in [-0.05, 0) is 25.7 Å². The van der Waals surface area contributed by atoms with Crippen molar-refractivity contribution in [2.75, 3.05) is 25.1 Å². The van der Waals surface area contributed by atoms with Gasteiger partial charge in [-0.25, -0.2) is 4.68 Å². The minimum Gasteiger partial charge on any atom is -0.381 e. The monoisotopic (exact) mass is 291 g/mol. The van der Waals surface area contributed by atoms with E-state index in [9.17, 15) is 9.59 Å². The molecular formula is C15H21N3O3. The van der Waals surface area contributed by atoms with Gasteiger partial charge in [0.05, 0.1) is 18.0 Å². The van der Waals surface area contributed by atoms with Crippen LogP contribution in [-0.4, -0.2) is 41.9 Å². The van der Waals surface area contributed by atoms with Crippen LogP contribution in [0.5, 0.6) is 0 Å². The summed E-state index contributed by atoms with van der Waals surface area (Å²) in [6.45, 7) is 1.84. The van der Waals surface area contributed by atoms with Crippen molar-refractivity contribution in [2.45, 2.75) is 38.3 Å². The quantitative estimate of drug-likeness (QED) is 0.804. The summed E-state index contributed by atoms with van der Waals surface area (Å²) >= 11 is 0. The molecule has 1 aromatic heterocycles. The smallest absolute Gasteiger partial charge is 0.269 e. The molecule has 0 spiro atoms. The van der Waals surface area contributed by atoms with Crippen LogP contribution in [0.2, 0.25) is 0 Å². The lowest BCUT2D eigenvalue weighted by Gasteiger charge is -2.32. The van der Waals surface area contributed by atoms with Crippen LogP contribution in [0.25, 0.3) is 0 Å². The van der Waals surface area contributed by atoms with Crippen LogP contribution in [0, 0.1) is 5.92 Å². The van der Waals surface area contributed by atoms with Crippen molar-refractivity contribution in [2.24, 2.45) is 5.92 Å². The Morgan fingerprint density at radius 3 is 2.62 bits per heavy atom. The maximum atomic E-state index is 12.1. The number of ketones is 1. The zero-order valence-corrected chi connectivity index (χ0v) is 12.3. The highest BCUT2D eigenvalue weighted by Gasteiger charge is 2.29. The first kappa shape index (κ1) is 14.3. The molecule has 0 amide bonds. The Morgan fingerprint density at radius 2 is 2.05 bits per heavy atom. The predicted molar refractivity (Wildman–Crippen MR) is 78.5 cm³/mol. The molecule has 2 fully saturated rings. The summed E-state index contributed by atoms with van der Waals surface area (Å²) in [5.41, 5.74) is 0.639. The number of carbonyl (C=O) groups excluding carboxylic acids is 1. The number of hydrogen-bond acceptors (Lipinski definition) is 5. The maximum Gasteiger partial charge on any atom is 0.269 e. The van der Waals surface area contributed by atoms with Gasteiger partial charge >= 0.3 is 0 Å². The van der Waals surface area contributed by atoms with Gasteiger partial charge < -0.3 is 9.64 Å². The van der Waals surface area contributed by atoms with E-state index in [1.807, 2.05) is 0 Å². The number of piperidine rings is 1. The molecule has 21 heavy (non-hydrogen) atoms. The van der Waals surface area contributed by atoms with Gasteiger partial charge in [-0.2, -0.15) is 5.10 Å². The van der Waals surface area contributed by atoms with Crippen LogP contribution in [0.15, 0.2) is 17.1 Å². The summed E-state index contributed by atoms with van der Waals surface area (Å²) in [5, 5.41) is 4.15. The van der Waals surface area contributed by atoms with E-state index in [1.54, 1.807) is 19.4 Å². The van der Waals surface area contributed by atoms with Gasteiger partial charge in [-0.1, -0.05) is 0 Å². The third kappa shape index (κ3) is 3.32. The van der Waals surface area contributed by atoms with Crippen LogP contribution in [0.3, 0.4) is 0 Å². The molecule has 2 heterocycles. The predicted octanol–water partition coefficient (Wildman–Crippen LogP) is 0.838. The molecule has 0 aromatic carbocycles. The number of hydrogen-bond donors (Lipinski definition) is 0. The van der Waals surface area contributed by atoms with Crippen LogP contribution in [0.1, 0.15) is 25.7 Å². The fourth-order valence-electron chi connectivity index (χ4n) is 2.75. The minimum absolute atomic E-state index is 0.107. The van der Waals surface area contributed by atoms with E-state index in [0.717, 1.165) is 44.5 Å². The molecule has 3 rings (SSSR count). The first-order chi connectivity index (χ1) is 10.2. The molecule has 1 aliphatic heterocycles. The minimum atomic E-state index is -0.199. The topological polar surface area (TPSA) is 64.4 Å². The number of Topliss-reactive ketones (excluding diaryl/α,β-unsaturated/α-hetero) is 1. The van der Waals surface area contributed by atoms with Gasteiger partial charge in [-0.15, -0.1) is 0 Å². The highest BCUT2D eigenvalue weighted by atomic mass is 16.5. The molecule has 1 saturated carbocycles. The van der Waals surface area contributed by atoms with E-state index in [2.05, 4.69) is 10.00 Å². The Morgan fingerprint density at radius 1 is 1.33 bits per heavy atom. The molecule has 1 aromatic rings. The normalized spacial score (nSPS) is 19.8. The number of anilines is 1. The molecule has 0 N–H and O–H groups in total. The van der Waals surface area contributed by atoms with Crippen LogP contribution in [0.4, 0.5) is 5.69 Å². The Labute approximate surface area is 123 Å². The van der Waals surface area contributed by atoms with Gasteiger partial charge in [0.15, 0.2) is 5.78 Å². The van der Waals surface area contributed by atoms with Crippen LogP contribution in [-0.2, 0) is 16.1 Å². The Bertz CT molecular complexity index is 572. The SMILES string of the molecule is COC1CCN(c2cnn(CC(=O)C3CC3)c(=O)c2)CC1. The third-order valence-corrected chi connectivity index (χ3v) is 4.33. The summed E-state index contributed by atoms with van der Waals surface area (Å²) in [4.78, 5) is 26.0. The lowest BCUT2D eigenvalue weighted by atomic mass is 10.1. The second-order valence-electron chi connectivity index (χ2n) is 5.87. The van der Waals surface area contributed by atoms with Crippen molar-refractivity contribution in [3.05, 3.63) is 22.6 Å². The van der Waals surface area contributed by atoms with Crippen molar-refractivity contribution < 1.29 is 9.53 Å². The zero-order chi connectivity index (χ0) is 14.8. The number of aromatic nitrogens is 2. The lowest BCUT2D eigenvalue weighted by molar-refractivity contribution is -0.121. The summed E-state index contributed by atoms with van der Waals surface area (Å²) in [6.07, 6.45) is 5.83. The average molecular weight is 291 g/mol. The number of rotatable bonds is 5. The van der Waals surface area contributed by atoms with Crippen molar-refractivity contribution in [1.29, 1.82) is 0 Å². The van der Waals surface area contributed by atoms with Gasteiger partial charge in [-0.3, -0.25) is 9.59 Å². The molecule has 1 aliphatic carbocycles. The molecule has 0 atom stereocenters. The summed E-state index contributed by atoms with van der Waals surface area (Å²) < 4.78 is 6.61. The van der Waals surface area contributed by atoms with Gasteiger partial charge in [0.2, 0.25) is 0 Å². The van der Waals surface area contributed by atoms with E-state index in [1.165, 1.54) is 4.68 Å². The highest BCUT2D eigenvalue weighted by molar-refractivity contribution is 5.82. The van der Waals surface area contributed by atoms with E-state index < -0.39 is 0 Å². The number of carbonyl (C=O) groups is 1. The average Bonchev–Trinajstić information content (AvgIpc) is 3.34. The summed E-state index contributed by atoms with van der Waals surface area (Å²) in [7, 11) is 1.74. The number of ether oxygens (including phenoxy) is 1. The van der Waals surface area contributed by atoms with E-state index in [-0.39, 0.29) is 23.8 Å². The molecule has 0 radical (unpaired) electrons. The van der Waals surface area contributed by atoms with Gasteiger partial charge in [0, 0.05) is 32.2 Å². The van der Waals surface area contributed by atoms with E-state index in [0.29, 0.717) is 6.10 Å². The molecule has 0 unspecified atom stereocenters. The van der Waals surface area contributed by atoms with E-state index >= 15 is 0 Å². The number of nitrogens with zero attached hydrogens (tertiary/aromatic N) is 3. The molecule has 2 aliphatic rings. The molecular weight excluding hydrogens is 270 g/mol. The van der Waals surface area contributed by atoms with Crippen molar-refractivity contribution in [3.8, 4) is 0 Å². The molecule has 6 heteroatoms. The van der Waals surface area contributed by atoms with Crippen molar-refractivity contribution >= 4 is 11.5 Å². The Kier molecular flexibility index (Phi) is 4.05. The molecule has 0 bridgehead atoms. The summed E-state index contributed by atoms with van der Waals surface area (Å²) in [5.74, 6) is 0.282. The molecule has 6 nitrogen and oxygen atoms in total. The lowest BCUT2D eigenvalue weighted by Crippen LogP contribution is -2.38. The fraction of sp³-hybridized carbons (Fsp3) is 0.667. The number of methoxy groups -OCH3 is 1. The standard InChI is InChI=1S/C15H21N3O3/c1-21-13-4-6-17(7-5-13)12-8-15(20)18(16-9-12)10-14(19)11-2-3-11/h8-9,11,13H,2-7,10H2,1H3. The largest absolute Gasteiger partial charge is 0.381 e. The first-order valence-corrected chi connectivity index (χ1v) is 7.55. The third-order valence-electron chi connectivity index (χ3n) is 4.33. The highest BCUT2D eigenvalue weighted by Crippen LogP contribution is 2.30. The molecule has 114 valence electrons. The van der Waals surface area contributed by atoms with E-state index in [4.69, 9.17) is 4.74 Å². The van der Waals surface area contributed by atoms with Crippen LogP contribution < -0.4 is 10.5 Å². The van der Waals surface area contributed by atoms with Gasteiger partial charge in [0.1, 0.15) is 6.54 Å². The first-order valence-electron chi connectivity index (χ1n) is 7.55. The fourth-order valence-corrected chi connectivity index (χ4v) is 2.75. The van der Waals surface area contributed by atoms with Crippen molar-refractivity contribution in [3.63, 3.8) is 0 Å². The second-order valence-corrected chi connectivity index (χ2v) is 5.87.